The Kier molecular flexibility index (Phi) is 5.79. The highest BCUT2D eigenvalue weighted by molar-refractivity contribution is 7.90. The summed E-state index contributed by atoms with van der Waals surface area (Å²) in [7, 11) is -5.72. The molecule has 0 atom stereocenters. The van der Waals surface area contributed by atoms with E-state index in [1.807, 2.05) is 7.05 Å². The van der Waals surface area contributed by atoms with Crippen molar-refractivity contribution in [1.82, 2.24) is 9.62 Å². The number of hydrogen-bond acceptors (Lipinski definition) is 5. The van der Waals surface area contributed by atoms with Gasteiger partial charge in [-0.2, -0.15) is 4.31 Å². The first-order valence-electron chi connectivity index (χ1n) is 7.53. The average molecular weight is 361 g/mol. The zero-order valence-electron chi connectivity index (χ0n) is 13.1. The van der Waals surface area contributed by atoms with E-state index in [1.165, 1.54) is 22.5 Å². The highest BCUT2D eigenvalue weighted by atomic mass is 32.2. The molecular weight excluding hydrogens is 338 g/mol. The molecule has 1 aromatic carbocycles. The summed E-state index contributed by atoms with van der Waals surface area (Å²) in [6.45, 7) is 1.83. The van der Waals surface area contributed by atoms with Crippen LogP contribution >= 0.6 is 0 Å². The Labute approximate surface area is 138 Å². The Morgan fingerprint density at radius 2 is 1.78 bits per heavy atom. The van der Waals surface area contributed by atoms with Gasteiger partial charge >= 0.3 is 0 Å². The van der Waals surface area contributed by atoms with E-state index in [9.17, 15) is 16.8 Å². The number of nitrogens with zero attached hydrogens (tertiary/aromatic N) is 1. The molecule has 0 saturated carbocycles. The second-order valence-corrected chi connectivity index (χ2v) is 9.26. The van der Waals surface area contributed by atoms with Crippen LogP contribution in [0, 0.1) is 5.92 Å². The Morgan fingerprint density at radius 1 is 1.17 bits per heavy atom. The lowest BCUT2D eigenvalue weighted by Crippen LogP contribution is -2.39. The summed E-state index contributed by atoms with van der Waals surface area (Å²) in [5.41, 5.74) is 0. The summed E-state index contributed by atoms with van der Waals surface area (Å²) in [6.07, 6.45) is 2.66. The maximum absolute atomic E-state index is 12.7. The summed E-state index contributed by atoms with van der Waals surface area (Å²) in [6, 6.07) is 5.21. The quantitative estimate of drug-likeness (QED) is 0.759. The normalized spacial score (nSPS) is 18.2. The molecule has 1 heterocycles. The second-order valence-electron chi connectivity index (χ2n) is 5.76. The minimum absolute atomic E-state index is 0.0299. The van der Waals surface area contributed by atoms with Crippen molar-refractivity contribution in [3.05, 3.63) is 24.3 Å². The van der Waals surface area contributed by atoms with Crippen molar-refractivity contribution in [2.75, 3.05) is 26.7 Å². The van der Waals surface area contributed by atoms with E-state index >= 15 is 0 Å². The van der Waals surface area contributed by atoms with Gasteiger partial charge in [0.15, 0.2) is 0 Å². The van der Waals surface area contributed by atoms with Gasteiger partial charge in [-0.15, -0.1) is 0 Å². The van der Waals surface area contributed by atoms with Crippen LogP contribution in [0.3, 0.4) is 0 Å². The van der Waals surface area contributed by atoms with E-state index in [1.54, 1.807) is 0 Å². The molecule has 1 aliphatic heterocycles. The molecule has 0 radical (unpaired) electrons. The Hall–Kier alpha value is -1.00. The van der Waals surface area contributed by atoms with E-state index in [4.69, 9.17) is 5.14 Å². The number of sulfonamides is 2. The highest BCUT2D eigenvalue weighted by Gasteiger charge is 2.29. The molecular formula is C14H23N3O4S2. The predicted octanol–water partition coefficient (Wildman–Crippen LogP) is 0.344. The van der Waals surface area contributed by atoms with Gasteiger partial charge in [-0.1, -0.05) is 6.07 Å². The van der Waals surface area contributed by atoms with Crippen LogP contribution in [0.15, 0.2) is 34.1 Å². The van der Waals surface area contributed by atoms with Crippen LogP contribution in [0.25, 0.3) is 0 Å². The molecule has 23 heavy (non-hydrogen) atoms. The van der Waals surface area contributed by atoms with Crippen LogP contribution in [0.2, 0.25) is 0 Å². The van der Waals surface area contributed by atoms with Crippen molar-refractivity contribution in [1.29, 1.82) is 0 Å². The third kappa shape index (κ3) is 4.51. The summed E-state index contributed by atoms with van der Waals surface area (Å²) in [5.74, 6) is 0.518. The maximum atomic E-state index is 12.7. The second kappa shape index (κ2) is 7.27. The summed E-state index contributed by atoms with van der Waals surface area (Å²) >= 11 is 0. The molecule has 0 amide bonds. The molecule has 1 aliphatic rings. The molecule has 1 aromatic rings. The van der Waals surface area contributed by atoms with Crippen LogP contribution < -0.4 is 10.5 Å². The van der Waals surface area contributed by atoms with Crippen LogP contribution in [0.4, 0.5) is 0 Å². The maximum Gasteiger partial charge on any atom is 0.243 e. The zero-order chi connectivity index (χ0) is 17.1. The molecule has 9 heteroatoms. The largest absolute Gasteiger partial charge is 0.320 e. The van der Waals surface area contributed by atoms with Gasteiger partial charge in [-0.25, -0.2) is 22.0 Å². The summed E-state index contributed by atoms with van der Waals surface area (Å²) < 4.78 is 49.5. The summed E-state index contributed by atoms with van der Waals surface area (Å²) in [4.78, 5) is -0.222. The van der Waals surface area contributed by atoms with Gasteiger partial charge in [0.2, 0.25) is 20.0 Å². The lowest BCUT2D eigenvalue weighted by Gasteiger charge is -2.31. The fourth-order valence-corrected chi connectivity index (χ4v) is 4.90. The Bertz CT molecular complexity index is 739. The topological polar surface area (TPSA) is 110 Å². The van der Waals surface area contributed by atoms with E-state index in [0.29, 0.717) is 19.0 Å². The van der Waals surface area contributed by atoms with Crippen molar-refractivity contribution < 1.29 is 16.8 Å². The molecule has 0 aliphatic carbocycles. The number of nitrogens with two attached hydrogens (primary N) is 1. The van der Waals surface area contributed by atoms with Crippen LogP contribution in [-0.4, -0.2) is 47.8 Å². The SMILES string of the molecule is CNCCC1CCN(S(=O)(=O)c2cccc(S(N)(=O)=O)c2)CC1. The number of piperidine rings is 1. The van der Waals surface area contributed by atoms with Gasteiger partial charge in [0.05, 0.1) is 9.79 Å². The lowest BCUT2D eigenvalue weighted by molar-refractivity contribution is 0.263. The number of nitrogens with one attached hydrogen (secondary N) is 1. The average Bonchev–Trinajstić information content (AvgIpc) is 2.52. The van der Waals surface area contributed by atoms with Gasteiger partial charge < -0.3 is 5.32 Å². The first kappa shape index (κ1) is 18.3. The smallest absolute Gasteiger partial charge is 0.243 e. The molecule has 0 unspecified atom stereocenters. The number of primary sulfonamides is 1. The zero-order valence-corrected chi connectivity index (χ0v) is 14.7. The first-order chi connectivity index (χ1) is 10.7. The molecule has 0 spiro atoms. The minimum atomic E-state index is -3.93. The molecule has 3 N–H and O–H groups in total. The first-order valence-corrected chi connectivity index (χ1v) is 10.5. The third-order valence-electron chi connectivity index (χ3n) is 4.15. The van der Waals surface area contributed by atoms with Gasteiger partial charge in [0.25, 0.3) is 0 Å². The van der Waals surface area contributed by atoms with Gasteiger partial charge in [0, 0.05) is 13.1 Å². The molecule has 0 bridgehead atoms. The monoisotopic (exact) mass is 361 g/mol. The van der Waals surface area contributed by atoms with Crippen LogP contribution in [0.5, 0.6) is 0 Å². The Morgan fingerprint density at radius 3 is 2.35 bits per heavy atom. The fraction of sp³-hybridized carbons (Fsp3) is 0.571. The minimum Gasteiger partial charge on any atom is -0.320 e. The molecule has 130 valence electrons. The standard InChI is InChI=1S/C14H23N3O4S2/c1-16-8-5-12-6-9-17(10-7-12)23(20,21)14-4-2-3-13(11-14)22(15,18)19/h2-4,11-12,16H,5-10H2,1H3,(H2,15,18,19). The Balaban J connectivity index is 2.14. The molecule has 1 saturated heterocycles. The summed E-state index contributed by atoms with van der Waals surface area (Å²) in [5, 5.41) is 8.17. The van der Waals surface area contributed by atoms with Gasteiger partial charge in [-0.05, 0) is 57.0 Å². The van der Waals surface area contributed by atoms with E-state index in [2.05, 4.69) is 5.32 Å². The molecule has 2 rings (SSSR count). The molecule has 7 nitrogen and oxygen atoms in total. The number of hydrogen-bond donors (Lipinski definition) is 2. The van der Waals surface area contributed by atoms with Crippen molar-refractivity contribution in [2.45, 2.75) is 29.1 Å². The highest BCUT2D eigenvalue weighted by Crippen LogP contribution is 2.26. The van der Waals surface area contributed by atoms with E-state index < -0.39 is 20.0 Å². The fourth-order valence-electron chi connectivity index (χ4n) is 2.75. The third-order valence-corrected chi connectivity index (χ3v) is 6.95. The molecule has 1 fully saturated rings. The lowest BCUT2D eigenvalue weighted by atomic mass is 9.95. The predicted molar refractivity (Wildman–Crippen MR) is 87.8 cm³/mol. The van der Waals surface area contributed by atoms with E-state index in [0.717, 1.165) is 31.9 Å². The number of benzene rings is 1. The van der Waals surface area contributed by atoms with E-state index in [-0.39, 0.29) is 9.79 Å². The van der Waals surface area contributed by atoms with Gasteiger partial charge in [-0.3, -0.25) is 0 Å². The van der Waals surface area contributed by atoms with Crippen molar-refractivity contribution in [2.24, 2.45) is 11.1 Å². The van der Waals surface area contributed by atoms with Crippen molar-refractivity contribution >= 4 is 20.0 Å². The van der Waals surface area contributed by atoms with Crippen LogP contribution in [-0.2, 0) is 20.0 Å². The van der Waals surface area contributed by atoms with Gasteiger partial charge in [0.1, 0.15) is 0 Å². The van der Waals surface area contributed by atoms with Crippen molar-refractivity contribution in [3.8, 4) is 0 Å². The number of rotatable bonds is 6. The van der Waals surface area contributed by atoms with Crippen LogP contribution in [0.1, 0.15) is 19.3 Å². The van der Waals surface area contributed by atoms with Crippen molar-refractivity contribution in [3.63, 3.8) is 0 Å². The molecule has 0 aromatic heterocycles.